The van der Waals surface area contributed by atoms with Crippen LogP contribution in [0.15, 0.2) is 42.5 Å². The van der Waals surface area contributed by atoms with Gasteiger partial charge in [-0.25, -0.2) is 9.69 Å². The lowest BCUT2D eigenvalue weighted by molar-refractivity contribution is 0.162. The van der Waals surface area contributed by atoms with Gasteiger partial charge >= 0.3 is 6.09 Å². The molecule has 0 unspecified atom stereocenters. The molecule has 0 N–H and O–H groups in total. The first-order valence-electron chi connectivity index (χ1n) is 7.14. The summed E-state index contributed by atoms with van der Waals surface area (Å²) < 4.78 is 5.24. The molecule has 0 heterocycles. The summed E-state index contributed by atoms with van der Waals surface area (Å²) in [5.41, 5.74) is 5.01. The molecule has 3 nitrogen and oxygen atoms in total. The first kappa shape index (κ1) is 15.1. The van der Waals surface area contributed by atoms with E-state index in [-0.39, 0.29) is 6.09 Å². The van der Waals surface area contributed by atoms with Gasteiger partial charge in [-0.1, -0.05) is 35.9 Å². The van der Waals surface area contributed by atoms with Crippen LogP contribution in [0.2, 0.25) is 0 Å². The summed E-state index contributed by atoms with van der Waals surface area (Å²) in [6.45, 7) is 8.26. The molecule has 21 heavy (non-hydrogen) atoms. The minimum atomic E-state index is -0.348. The molecule has 2 rings (SSSR count). The Hall–Kier alpha value is -2.29. The maximum Gasteiger partial charge on any atom is 0.418 e. The van der Waals surface area contributed by atoms with E-state index in [1.54, 1.807) is 4.90 Å². The van der Waals surface area contributed by atoms with Crippen LogP contribution in [0, 0.1) is 20.8 Å². The monoisotopic (exact) mass is 283 g/mol. The molecule has 0 bridgehead atoms. The van der Waals surface area contributed by atoms with Gasteiger partial charge in [0.05, 0.1) is 18.0 Å². The van der Waals surface area contributed by atoms with Crippen molar-refractivity contribution in [1.82, 2.24) is 0 Å². The summed E-state index contributed by atoms with van der Waals surface area (Å²) in [4.78, 5) is 14.1. The third kappa shape index (κ3) is 3.24. The normalized spacial score (nSPS) is 10.3. The molecule has 0 saturated carbocycles. The lowest BCUT2D eigenvalue weighted by atomic mass is 10.0. The van der Waals surface area contributed by atoms with Crippen LogP contribution in [0.4, 0.5) is 16.2 Å². The second kappa shape index (κ2) is 6.44. The van der Waals surface area contributed by atoms with Gasteiger partial charge in [0.1, 0.15) is 0 Å². The topological polar surface area (TPSA) is 29.5 Å². The number of nitrogens with zero attached hydrogens (tertiary/aromatic N) is 1. The lowest BCUT2D eigenvalue weighted by Crippen LogP contribution is -2.28. The first-order valence-corrected chi connectivity index (χ1v) is 7.14. The van der Waals surface area contributed by atoms with E-state index < -0.39 is 0 Å². The van der Waals surface area contributed by atoms with Gasteiger partial charge in [-0.2, -0.15) is 0 Å². The fraction of sp³-hybridized carbons (Fsp3) is 0.278. The molecular formula is C18H21NO2. The van der Waals surface area contributed by atoms with E-state index in [0.717, 1.165) is 22.5 Å². The fourth-order valence-electron chi connectivity index (χ4n) is 2.62. The first-order chi connectivity index (χ1) is 10.0. The highest BCUT2D eigenvalue weighted by Crippen LogP contribution is 2.33. The second-order valence-corrected chi connectivity index (χ2v) is 5.12. The summed E-state index contributed by atoms with van der Waals surface area (Å²) in [6.07, 6.45) is -0.348. The van der Waals surface area contributed by atoms with Crippen LogP contribution in [0.5, 0.6) is 0 Å². The van der Waals surface area contributed by atoms with Crippen molar-refractivity contribution in [3.63, 3.8) is 0 Å². The van der Waals surface area contributed by atoms with Gasteiger partial charge in [-0.3, -0.25) is 0 Å². The number of hydrogen-bond donors (Lipinski definition) is 0. The van der Waals surface area contributed by atoms with Gasteiger partial charge < -0.3 is 4.74 Å². The molecule has 0 spiro atoms. The van der Waals surface area contributed by atoms with E-state index >= 15 is 0 Å². The zero-order chi connectivity index (χ0) is 15.4. The van der Waals surface area contributed by atoms with Gasteiger partial charge in [-0.05, 0) is 51.0 Å². The molecule has 0 saturated heterocycles. The van der Waals surface area contributed by atoms with Gasteiger partial charge in [0.2, 0.25) is 0 Å². The van der Waals surface area contributed by atoms with Crippen molar-refractivity contribution in [3.8, 4) is 0 Å². The smallest absolute Gasteiger partial charge is 0.418 e. The van der Waals surface area contributed by atoms with Crippen molar-refractivity contribution < 1.29 is 9.53 Å². The van der Waals surface area contributed by atoms with E-state index in [0.29, 0.717) is 6.61 Å². The van der Waals surface area contributed by atoms with Crippen molar-refractivity contribution in [3.05, 3.63) is 59.2 Å². The van der Waals surface area contributed by atoms with Crippen molar-refractivity contribution >= 4 is 17.5 Å². The predicted molar refractivity (Wildman–Crippen MR) is 86.3 cm³/mol. The summed E-state index contributed by atoms with van der Waals surface area (Å²) >= 11 is 0. The molecule has 1 amide bonds. The van der Waals surface area contributed by atoms with Gasteiger partial charge in [0, 0.05) is 0 Å². The average Bonchev–Trinajstić information content (AvgIpc) is 2.43. The number of carbonyl (C=O) groups is 1. The third-order valence-electron chi connectivity index (χ3n) is 3.32. The number of para-hydroxylation sites is 1. The Morgan fingerprint density at radius 1 is 1.05 bits per heavy atom. The maximum absolute atomic E-state index is 12.4. The number of rotatable bonds is 3. The van der Waals surface area contributed by atoms with Crippen LogP contribution < -0.4 is 4.90 Å². The van der Waals surface area contributed by atoms with Crippen LogP contribution in [0.25, 0.3) is 0 Å². The molecule has 0 radical (unpaired) electrons. The summed E-state index contributed by atoms with van der Waals surface area (Å²) in [5, 5.41) is 0. The Labute approximate surface area is 126 Å². The maximum atomic E-state index is 12.4. The Morgan fingerprint density at radius 3 is 2.14 bits per heavy atom. The molecule has 3 heteroatoms. The number of hydrogen-bond acceptors (Lipinski definition) is 2. The number of ether oxygens (including phenoxy) is 1. The van der Waals surface area contributed by atoms with Gasteiger partial charge in [-0.15, -0.1) is 0 Å². The molecule has 0 aliphatic heterocycles. The lowest BCUT2D eigenvalue weighted by Gasteiger charge is -2.26. The second-order valence-electron chi connectivity index (χ2n) is 5.12. The van der Waals surface area contributed by atoms with E-state index in [1.165, 1.54) is 5.56 Å². The zero-order valence-corrected chi connectivity index (χ0v) is 13.0. The minimum Gasteiger partial charge on any atom is -0.449 e. The van der Waals surface area contributed by atoms with Crippen LogP contribution in [-0.2, 0) is 4.74 Å². The zero-order valence-electron chi connectivity index (χ0n) is 13.0. The molecule has 0 atom stereocenters. The minimum absolute atomic E-state index is 0.348. The summed E-state index contributed by atoms with van der Waals surface area (Å²) in [5.74, 6) is 0. The van der Waals surface area contributed by atoms with Crippen LogP contribution >= 0.6 is 0 Å². The van der Waals surface area contributed by atoms with Gasteiger partial charge in [0.25, 0.3) is 0 Å². The molecule has 0 aromatic heterocycles. The largest absolute Gasteiger partial charge is 0.449 e. The van der Waals surface area contributed by atoms with E-state index in [2.05, 4.69) is 19.1 Å². The van der Waals surface area contributed by atoms with Crippen LogP contribution in [0.3, 0.4) is 0 Å². The number of anilines is 2. The van der Waals surface area contributed by atoms with E-state index in [1.807, 2.05) is 51.1 Å². The molecule has 110 valence electrons. The van der Waals surface area contributed by atoms with Crippen molar-refractivity contribution in [2.24, 2.45) is 0 Å². The third-order valence-corrected chi connectivity index (χ3v) is 3.32. The number of benzene rings is 2. The van der Waals surface area contributed by atoms with Crippen molar-refractivity contribution in [2.45, 2.75) is 27.7 Å². The number of aryl methyl sites for hydroxylation is 3. The van der Waals surface area contributed by atoms with Crippen molar-refractivity contribution in [2.75, 3.05) is 11.5 Å². The van der Waals surface area contributed by atoms with Crippen LogP contribution in [0.1, 0.15) is 23.6 Å². The number of carbonyl (C=O) groups excluding carboxylic acids is 1. The Balaban J connectivity index is 2.58. The highest BCUT2D eigenvalue weighted by atomic mass is 16.6. The van der Waals surface area contributed by atoms with E-state index in [4.69, 9.17) is 4.74 Å². The highest BCUT2D eigenvalue weighted by molar-refractivity contribution is 5.97. The molecule has 2 aromatic rings. The molecular weight excluding hydrogens is 262 g/mol. The quantitative estimate of drug-likeness (QED) is 0.801. The standard InChI is InChI=1S/C18H21NO2/c1-5-21-18(20)19(16-9-7-6-8-10-16)17-14(3)11-13(2)12-15(17)4/h6-12H,5H2,1-4H3. The number of amides is 1. The fourth-order valence-corrected chi connectivity index (χ4v) is 2.62. The molecule has 0 fully saturated rings. The Morgan fingerprint density at radius 2 is 1.62 bits per heavy atom. The molecule has 2 aromatic carbocycles. The Bertz CT molecular complexity index is 612. The SMILES string of the molecule is CCOC(=O)N(c1ccccc1)c1c(C)cc(C)cc1C. The summed E-state index contributed by atoms with van der Waals surface area (Å²) in [7, 11) is 0. The average molecular weight is 283 g/mol. The van der Waals surface area contributed by atoms with Crippen LogP contribution in [-0.4, -0.2) is 12.7 Å². The van der Waals surface area contributed by atoms with Crippen molar-refractivity contribution in [1.29, 1.82) is 0 Å². The highest BCUT2D eigenvalue weighted by Gasteiger charge is 2.22. The molecule has 0 aliphatic rings. The predicted octanol–water partition coefficient (Wildman–Crippen LogP) is 4.91. The van der Waals surface area contributed by atoms with E-state index in [9.17, 15) is 4.79 Å². The van der Waals surface area contributed by atoms with Gasteiger partial charge in [0.15, 0.2) is 0 Å². The Kier molecular flexibility index (Phi) is 4.63. The summed E-state index contributed by atoms with van der Waals surface area (Å²) in [6, 6.07) is 13.8. The molecule has 0 aliphatic carbocycles.